The number of nitrogens with zero attached hydrogens (tertiary/aromatic N) is 2. The van der Waals surface area contributed by atoms with E-state index in [1.165, 1.54) is 6.20 Å². The molecule has 0 unspecified atom stereocenters. The van der Waals surface area contributed by atoms with Crippen molar-refractivity contribution in [1.29, 1.82) is 0 Å². The minimum atomic E-state index is -1.03. The van der Waals surface area contributed by atoms with Crippen molar-refractivity contribution in [3.63, 3.8) is 0 Å². The first kappa shape index (κ1) is 17.2. The Hall–Kier alpha value is -3.68. The fourth-order valence-electron chi connectivity index (χ4n) is 2.31. The molecule has 0 radical (unpaired) electrons. The predicted octanol–water partition coefficient (Wildman–Crippen LogP) is 2.33. The van der Waals surface area contributed by atoms with Gasteiger partial charge in [0.05, 0.1) is 6.42 Å². The first-order valence-corrected chi connectivity index (χ1v) is 7.75. The Morgan fingerprint density at radius 2 is 2.00 bits per heavy atom. The summed E-state index contributed by atoms with van der Waals surface area (Å²) in [6.07, 6.45) is 2.83. The highest BCUT2D eigenvalue weighted by Gasteiger charge is 2.16. The van der Waals surface area contributed by atoms with E-state index >= 15 is 0 Å². The molecule has 0 bridgehead atoms. The van der Waals surface area contributed by atoms with E-state index in [1.807, 2.05) is 0 Å². The van der Waals surface area contributed by atoms with Gasteiger partial charge in [-0.25, -0.2) is 9.97 Å². The van der Waals surface area contributed by atoms with Crippen molar-refractivity contribution in [2.45, 2.75) is 6.42 Å². The van der Waals surface area contributed by atoms with Gasteiger partial charge in [-0.05, 0) is 24.3 Å². The molecule has 3 rings (SSSR count). The van der Waals surface area contributed by atoms with Crippen LogP contribution in [0, 0.1) is 0 Å². The van der Waals surface area contributed by atoms with Crippen LogP contribution in [-0.4, -0.2) is 38.6 Å². The van der Waals surface area contributed by atoms with E-state index in [1.54, 1.807) is 42.6 Å². The van der Waals surface area contributed by atoms with Crippen LogP contribution in [0.15, 0.2) is 48.8 Å². The van der Waals surface area contributed by atoms with E-state index in [4.69, 9.17) is 9.84 Å². The number of aromatic nitrogens is 2. The van der Waals surface area contributed by atoms with Crippen molar-refractivity contribution >= 4 is 22.6 Å². The molecule has 0 atom stereocenters. The number of benzene rings is 1. The molecule has 3 aromatic rings. The molecule has 2 aromatic heterocycles. The topological polar surface area (TPSA) is 122 Å². The Morgan fingerprint density at radius 3 is 2.73 bits per heavy atom. The van der Waals surface area contributed by atoms with Crippen molar-refractivity contribution in [3.05, 3.63) is 54.5 Å². The van der Waals surface area contributed by atoms with Crippen LogP contribution in [-0.2, 0) is 4.79 Å². The summed E-state index contributed by atoms with van der Waals surface area (Å²) in [6, 6.07) is 10.2. The highest BCUT2D eigenvalue weighted by Crippen LogP contribution is 2.31. The summed E-state index contributed by atoms with van der Waals surface area (Å²) in [5.74, 6) is -1.00. The van der Waals surface area contributed by atoms with Crippen LogP contribution in [0.1, 0.15) is 16.9 Å². The number of aliphatic carboxylic acids is 1. The van der Waals surface area contributed by atoms with Crippen molar-refractivity contribution in [3.8, 4) is 17.4 Å². The largest absolute Gasteiger partial charge is 0.505 e. The Morgan fingerprint density at radius 1 is 1.15 bits per heavy atom. The van der Waals surface area contributed by atoms with Crippen molar-refractivity contribution < 1.29 is 24.5 Å². The Bertz CT molecular complexity index is 960. The predicted molar refractivity (Wildman–Crippen MR) is 92.3 cm³/mol. The number of fused-ring (bicyclic) bond motifs is 1. The highest BCUT2D eigenvalue weighted by molar-refractivity contribution is 6.01. The zero-order valence-corrected chi connectivity index (χ0v) is 13.5. The summed E-state index contributed by atoms with van der Waals surface area (Å²) in [6.45, 7) is -0.0514. The maximum absolute atomic E-state index is 12.0. The third-order valence-corrected chi connectivity index (χ3v) is 3.53. The van der Waals surface area contributed by atoms with Crippen molar-refractivity contribution in [2.75, 3.05) is 6.54 Å². The first-order chi connectivity index (χ1) is 12.5. The number of hydrogen-bond donors (Lipinski definition) is 3. The average molecular weight is 353 g/mol. The fourth-order valence-corrected chi connectivity index (χ4v) is 2.31. The van der Waals surface area contributed by atoms with E-state index in [9.17, 15) is 14.7 Å². The van der Waals surface area contributed by atoms with Crippen LogP contribution in [0.2, 0.25) is 0 Å². The van der Waals surface area contributed by atoms with Gasteiger partial charge in [0, 0.05) is 35.8 Å². The number of carboxylic acid groups (broad SMARTS) is 1. The summed E-state index contributed by atoms with van der Waals surface area (Å²) >= 11 is 0. The lowest BCUT2D eigenvalue weighted by atomic mass is 10.1. The standard InChI is InChI=1S/C18H15N3O5/c22-15(23)6-8-20-18(25)16-17(24)13-5-4-12(9-11(13)10-21-16)26-14-3-1-2-7-19-14/h1-5,7,9-10,24H,6,8H2,(H,20,25)(H,22,23). The van der Waals surface area contributed by atoms with Crippen LogP contribution in [0.5, 0.6) is 17.4 Å². The lowest BCUT2D eigenvalue weighted by Crippen LogP contribution is -2.26. The molecule has 2 heterocycles. The lowest BCUT2D eigenvalue weighted by molar-refractivity contribution is -0.136. The zero-order valence-electron chi connectivity index (χ0n) is 13.5. The average Bonchev–Trinajstić information content (AvgIpc) is 2.62. The minimum absolute atomic E-state index is 0.0514. The van der Waals surface area contributed by atoms with E-state index in [2.05, 4.69) is 15.3 Å². The number of amides is 1. The van der Waals surface area contributed by atoms with Crippen LogP contribution >= 0.6 is 0 Å². The number of rotatable bonds is 6. The summed E-state index contributed by atoms with van der Waals surface area (Å²) in [5.41, 5.74) is -0.165. The molecule has 8 nitrogen and oxygen atoms in total. The van der Waals surface area contributed by atoms with Gasteiger partial charge in [0.15, 0.2) is 11.4 Å². The van der Waals surface area contributed by atoms with Gasteiger partial charge in [-0.15, -0.1) is 0 Å². The monoisotopic (exact) mass is 353 g/mol. The van der Waals surface area contributed by atoms with Gasteiger partial charge in [0.2, 0.25) is 5.88 Å². The van der Waals surface area contributed by atoms with Crippen molar-refractivity contribution in [1.82, 2.24) is 15.3 Å². The smallest absolute Gasteiger partial charge is 0.305 e. The number of carbonyl (C=O) groups is 2. The molecular weight excluding hydrogens is 338 g/mol. The Kier molecular flexibility index (Phi) is 4.93. The Labute approximate surface area is 148 Å². The zero-order chi connectivity index (χ0) is 18.5. The SMILES string of the molecule is O=C(O)CCNC(=O)c1ncc2cc(Oc3ccccn3)ccc2c1O. The molecule has 0 spiro atoms. The van der Waals surface area contributed by atoms with Crippen molar-refractivity contribution in [2.24, 2.45) is 0 Å². The minimum Gasteiger partial charge on any atom is -0.505 e. The normalized spacial score (nSPS) is 10.5. The van der Waals surface area contributed by atoms with Crippen LogP contribution < -0.4 is 10.1 Å². The summed E-state index contributed by atoms with van der Waals surface area (Å²) in [4.78, 5) is 30.6. The summed E-state index contributed by atoms with van der Waals surface area (Å²) < 4.78 is 5.62. The van der Waals surface area contributed by atoms with Crippen LogP contribution in [0.25, 0.3) is 10.8 Å². The number of carbonyl (C=O) groups excluding carboxylic acids is 1. The number of aromatic hydroxyl groups is 1. The second-order valence-corrected chi connectivity index (χ2v) is 5.37. The maximum atomic E-state index is 12.0. The van der Waals surface area contributed by atoms with Gasteiger partial charge in [0.25, 0.3) is 5.91 Å². The molecule has 0 fully saturated rings. The second kappa shape index (κ2) is 7.47. The molecule has 3 N–H and O–H groups in total. The van der Waals surface area contributed by atoms with E-state index in [0.717, 1.165) is 0 Å². The molecule has 0 aliphatic heterocycles. The second-order valence-electron chi connectivity index (χ2n) is 5.37. The summed E-state index contributed by atoms with van der Waals surface area (Å²) in [7, 11) is 0. The molecule has 1 aromatic carbocycles. The van der Waals surface area contributed by atoms with E-state index in [0.29, 0.717) is 22.4 Å². The first-order valence-electron chi connectivity index (χ1n) is 7.75. The van der Waals surface area contributed by atoms with Gasteiger partial charge in [0.1, 0.15) is 5.75 Å². The molecule has 0 aliphatic rings. The lowest BCUT2D eigenvalue weighted by Gasteiger charge is -2.09. The Balaban J connectivity index is 1.82. The third kappa shape index (κ3) is 3.86. The third-order valence-electron chi connectivity index (χ3n) is 3.53. The van der Waals surface area contributed by atoms with Gasteiger partial charge in [-0.2, -0.15) is 0 Å². The molecule has 0 saturated carbocycles. The van der Waals surface area contributed by atoms with E-state index in [-0.39, 0.29) is 24.4 Å². The highest BCUT2D eigenvalue weighted by atomic mass is 16.5. The molecule has 8 heteroatoms. The molecule has 26 heavy (non-hydrogen) atoms. The number of ether oxygens (including phenoxy) is 1. The molecule has 1 amide bonds. The fraction of sp³-hybridized carbons (Fsp3) is 0.111. The van der Waals surface area contributed by atoms with Gasteiger partial charge < -0.3 is 20.3 Å². The van der Waals surface area contributed by atoms with Crippen LogP contribution in [0.4, 0.5) is 0 Å². The van der Waals surface area contributed by atoms with Crippen LogP contribution in [0.3, 0.4) is 0 Å². The maximum Gasteiger partial charge on any atom is 0.305 e. The quantitative estimate of drug-likeness (QED) is 0.622. The number of carboxylic acids is 1. The molecule has 0 saturated heterocycles. The van der Waals surface area contributed by atoms with E-state index < -0.39 is 11.9 Å². The van der Waals surface area contributed by atoms with Gasteiger partial charge >= 0.3 is 5.97 Å². The number of hydrogen-bond acceptors (Lipinski definition) is 6. The molecular formula is C18H15N3O5. The van der Waals surface area contributed by atoms with Gasteiger partial charge in [-0.1, -0.05) is 6.07 Å². The number of nitrogens with one attached hydrogen (secondary N) is 1. The molecule has 132 valence electrons. The summed E-state index contributed by atoms with van der Waals surface area (Å²) in [5, 5.41) is 22.3. The molecule has 0 aliphatic carbocycles. The van der Waals surface area contributed by atoms with Gasteiger partial charge in [-0.3, -0.25) is 9.59 Å². The number of pyridine rings is 2.